The standard InChI is InChI=1S/C11H16N4O3/c1-3-18-11(17)9-6(2)13-14-10(9)15-5-7(12)4-8(15)16/h7H,3-5,12H2,1-2H3,(H,13,14). The molecule has 2 heterocycles. The van der Waals surface area contributed by atoms with Crippen molar-refractivity contribution in [3.63, 3.8) is 0 Å². The van der Waals surface area contributed by atoms with E-state index in [9.17, 15) is 9.59 Å². The second kappa shape index (κ2) is 4.77. The van der Waals surface area contributed by atoms with Gasteiger partial charge in [0.1, 0.15) is 5.56 Å². The molecule has 1 unspecified atom stereocenters. The van der Waals surface area contributed by atoms with Crippen molar-refractivity contribution in [1.82, 2.24) is 10.2 Å². The van der Waals surface area contributed by atoms with Crippen molar-refractivity contribution in [2.75, 3.05) is 18.1 Å². The van der Waals surface area contributed by atoms with Gasteiger partial charge in [-0.2, -0.15) is 5.10 Å². The van der Waals surface area contributed by atoms with Crippen LogP contribution in [0.25, 0.3) is 0 Å². The van der Waals surface area contributed by atoms with Crippen molar-refractivity contribution in [2.45, 2.75) is 26.3 Å². The molecule has 98 valence electrons. The molecule has 0 aliphatic carbocycles. The number of aryl methyl sites for hydroxylation is 1. The zero-order valence-electron chi connectivity index (χ0n) is 10.4. The minimum atomic E-state index is -0.480. The number of hydrogen-bond donors (Lipinski definition) is 2. The number of aromatic amines is 1. The number of rotatable bonds is 3. The number of amides is 1. The second-order valence-corrected chi connectivity index (χ2v) is 4.24. The minimum Gasteiger partial charge on any atom is -0.462 e. The molecular formula is C11H16N4O3. The number of carbonyl (C=O) groups excluding carboxylic acids is 2. The maximum Gasteiger partial charge on any atom is 0.343 e. The Morgan fingerprint density at radius 2 is 2.39 bits per heavy atom. The summed E-state index contributed by atoms with van der Waals surface area (Å²) in [5.74, 6) is -0.296. The van der Waals surface area contributed by atoms with E-state index in [2.05, 4.69) is 10.2 Å². The third-order valence-corrected chi connectivity index (χ3v) is 2.82. The van der Waals surface area contributed by atoms with Crippen molar-refractivity contribution >= 4 is 17.7 Å². The Bertz CT molecular complexity index is 483. The molecule has 0 bridgehead atoms. The molecule has 1 aliphatic heterocycles. The van der Waals surface area contributed by atoms with Crippen LogP contribution in [0.3, 0.4) is 0 Å². The van der Waals surface area contributed by atoms with Gasteiger partial charge in [-0.05, 0) is 13.8 Å². The summed E-state index contributed by atoms with van der Waals surface area (Å²) < 4.78 is 4.96. The third-order valence-electron chi connectivity index (χ3n) is 2.82. The fraction of sp³-hybridized carbons (Fsp3) is 0.545. The highest BCUT2D eigenvalue weighted by Crippen LogP contribution is 2.25. The van der Waals surface area contributed by atoms with E-state index in [4.69, 9.17) is 10.5 Å². The van der Waals surface area contributed by atoms with Crippen LogP contribution in [-0.4, -0.2) is 41.3 Å². The smallest absolute Gasteiger partial charge is 0.343 e. The molecule has 2 rings (SSSR count). The molecule has 3 N–H and O–H groups in total. The lowest BCUT2D eigenvalue weighted by Crippen LogP contribution is -2.29. The summed E-state index contributed by atoms with van der Waals surface area (Å²) >= 11 is 0. The predicted octanol–water partition coefficient (Wildman–Crippen LogP) is -0.0412. The second-order valence-electron chi connectivity index (χ2n) is 4.24. The molecule has 7 nitrogen and oxygen atoms in total. The summed E-state index contributed by atoms with van der Waals surface area (Å²) in [4.78, 5) is 25.0. The van der Waals surface area contributed by atoms with E-state index in [1.165, 1.54) is 4.90 Å². The average molecular weight is 252 g/mol. The lowest BCUT2D eigenvalue weighted by molar-refractivity contribution is -0.117. The Kier molecular flexibility index (Phi) is 3.33. The molecule has 1 atom stereocenters. The normalized spacial score (nSPS) is 19.4. The van der Waals surface area contributed by atoms with Gasteiger partial charge in [-0.25, -0.2) is 4.79 Å². The minimum absolute atomic E-state index is 0.125. The van der Waals surface area contributed by atoms with Gasteiger partial charge < -0.3 is 10.5 Å². The molecule has 1 amide bonds. The highest BCUT2D eigenvalue weighted by Gasteiger charge is 2.33. The van der Waals surface area contributed by atoms with Gasteiger partial charge in [-0.3, -0.25) is 14.8 Å². The Morgan fingerprint density at radius 1 is 1.67 bits per heavy atom. The van der Waals surface area contributed by atoms with Gasteiger partial charge in [0.2, 0.25) is 5.91 Å². The van der Waals surface area contributed by atoms with Crippen molar-refractivity contribution < 1.29 is 14.3 Å². The van der Waals surface area contributed by atoms with Gasteiger partial charge in [0.05, 0.1) is 6.61 Å². The van der Waals surface area contributed by atoms with Gasteiger partial charge in [0.15, 0.2) is 5.82 Å². The molecule has 1 aromatic heterocycles. The highest BCUT2D eigenvalue weighted by atomic mass is 16.5. The van der Waals surface area contributed by atoms with Crippen LogP contribution < -0.4 is 10.6 Å². The highest BCUT2D eigenvalue weighted by molar-refractivity contribution is 6.03. The number of carbonyl (C=O) groups is 2. The molecule has 0 radical (unpaired) electrons. The first-order valence-electron chi connectivity index (χ1n) is 5.82. The fourth-order valence-electron chi connectivity index (χ4n) is 2.00. The molecular weight excluding hydrogens is 236 g/mol. The Morgan fingerprint density at radius 3 is 2.94 bits per heavy atom. The lowest BCUT2D eigenvalue weighted by Gasteiger charge is -2.14. The topological polar surface area (TPSA) is 101 Å². The third kappa shape index (κ3) is 2.08. The number of anilines is 1. The largest absolute Gasteiger partial charge is 0.462 e. The number of H-pyrrole nitrogens is 1. The lowest BCUT2D eigenvalue weighted by atomic mass is 10.2. The number of ether oxygens (including phenoxy) is 1. The van der Waals surface area contributed by atoms with E-state index in [-0.39, 0.29) is 25.0 Å². The number of hydrogen-bond acceptors (Lipinski definition) is 5. The maximum atomic E-state index is 11.8. The number of esters is 1. The molecule has 0 aromatic carbocycles. The molecule has 0 spiro atoms. The van der Waals surface area contributed by atoms with E-state index >= 15 is 0 Å². The summed E-state index contributed by atoms with van der Waals surface area (Å²) in [5, 5.41) is 6.71. The van der Waals surface area contributed by atoms with Crippen LogP contribution in [0.4, 0.5) is 5.82 Å². The van der Waals surface area contributed by atoms with Crippen molar-refractivity contribution in [3.8, 4) is 0 Å². The van der Waals surface area contributed by atoms with E-state index in [1.54, 1.807) is 13.8 Å². The fourth-order valence-corrected chi connectivity index (χ4v) is 2.00. The first-order valence-corrected chi connectivity index (χ1v) is 5.82. The molecule has 1 saturated heterocycles. The van der Waals surface area contributed by atoms with Crippen LogP contribution in [0.5, 0.6) is 0 Å². The van der Waals surface area contributed by atoms with Crippen LogP contribution in [0.2, 0.25) is 0 Å². The summed E-state index contributed by atoms with van der Waals surface area (Å²) in [6.45, 7) is 4.08. The molecule has 1 fully saturated rings. The van der Waals surface area contributed by atoms with Gasteiger partial charge in [0.25, 0.3) is 0 Å². The molecule has 1 aliphatic rings. The monoisotopic (exact) mass is 252 g/mol. The molecule has 0 saturated carbocycles. The summed E-state index contributed by atoms with van der Waals surface area (Å²) in [5.41, 5.74) is 6.61. The predicted molar refractivity (Wildman–Crippen MR) is 64.2 cm³/mol. The molecule has 1 aromatic rings. The first kappa shape index (κ1) is 12.6. The SMILES string of the molecule is CCOC(=O)c1c(N2CC(N)CC2=O)n[nH]c1C. The number of nitrogens with one attached hydrogen (secondary N) is 1. The van der Waals surface area contributed by atoms with Crippen LogP contribution in [0.1, 0.15) is 29.4 Å². The van der Waals surface area contributed by atoms with Gasteiger partial charge in [0, 0.05) is 24.7 Å². The van der Waals surface area contributed by atoms with Crippen molar-refractivity contribution in [2.24, 2.45) is 5.73 Å². The number of nitrogens with zero attached hydrogens (tertiary/aromatic N) is 2. The van der Waals surface area contributed by atoms with Gasteiger partial charge >= 0.3 is 5.97 Å². The first-order chi connectivity index (χ1) is 8.54. The van der Waals surface area contributed by atoms with Crippen LogP contribution in [0, 0.1) is 6.92 Å². The van der Waals surface area contributed by atoms with Crippen molar-refractivity contribution in [1.29, 1.82) is 0 Å². The zero-order chi connectivity index (χ0) is 13.3. The zero-order valence-corrected chi connectivity index (χ0v) is 10.4. The number of nitrogens with two attached hydrogens (primary N) is 1. The summed E-state index contributed by atoms with van der Waals surface area (Å²) in [6, 6.07) is -0.218. The van der Waals surface area contributed by atoms with E-state index in [0.717, 1.165) is 0 Å². The maximum absolute atomic E-state index is 11.8. The number of aromatic nitrogens is 2. The molecule has 7 heteroatoms. The molecule has 18 heavy (non-hydrogen) atoms. The van der Waals surface area contributed by atoms with E-state index < -0.39 is 5.97 Å². The summed E-state index contributed by atoms with van der Waals surface area (Å²) in [6.07, 6.45) is 0.272. The van der Waals surface area contributed by atoms with E-state index in [1.807, 2.05) is 0 Å². The summed E-state index contributed by atoms with van der Waals surface area (Å²) in [7, 11) is 0. The van der Waals surface area contributed by atoms with Crippen LogP contribution in [-0.2, 0) is 9.53 Å². The van der Waals surface area contributed by atoms with Gasteiger partial charge in [-0.15, -0.1) is 0 Å². The van der Waals surface area contributed by atoms with Crippen LogP contribution >= 0.6 is 0 Å². The van der Waals surface area contributed by atoms with Gasteiger partial charge in [-0.1, -0.05) is 0 Å². The van der Waals surface area contributed by atoms with E-state index in [0.29, 0.717) is 23.6 Å². The Balaban J connectivity index is 2.34. The Hall–Kier alpha value is -1.89. The van der Waals surface area contributed by atoms with Crippen molar-refractivity contribution in [3.05, 3.63) is 11.3 Å². The average Bonchev–Trinajstić information content (AvgIpc) is 2.82. The Labute approximate surface area is 104 Å². The quantitative estimate of drug-likeness (QED) is 0.735. The van der Waals surface area contributed by atoms with Crippen LogP contribution in [0.15, 0.2) is 0 Å².